The molecule has 0 unspecified atom stereocenters. The number of carbonyl (C=O) groups excluding carboxylic acids is 3. The van der Waals surface area contributed by atoms with E-state index in [2.05, 4.69) is 10.1 Å². The van der Waals surface area contributed by atoms with Crippen LogP contribution < -0.4 is 5.32 Å². The van der Waals surface area contributed by atoms with Crippen LogP contribution in [0.2, 0.25) is 0 Å². The fourth-order valence-corrected chi connectivity index (χ4v) is 1.67. The molecule has 5 nitrogen and oxygen atoms in total. The molecule has 1 amide bonds. The third-order valence-corrected chi connectivity index (χ3v) is 2.46. The van der Waals surface area contributed by atoms with Crippen molar-refractivity contribution in [1.82, 2.24) is 0 Å². The second-order valence-corrected chi connectivity index (χ2v) is 3.64. The van der Waals surface area contributed by atoms with E-state index >= 15 is 0 Å². The van der Waals surface area contributed by atoms with Crippen molar-refractivity contribution in [3.05, 3.63) is 35.9 Å². The van der Waals surface area contributed by atoms with Crippen molar-refractivity contribution in [3.8, 4) is 0 Å². The minimum Gasteiger partial charge on any atom is -0.460 e. The Morgan fingerprint density at radius 3 is 2.78 bits per heavy atom. The van der Waals surface area contributed by atoms with Crippen LogP contribution in [0.3, 0.4) is 0 Å². The molecule has 1 aliphatic heterocycles. The molecule has 1 aromatic carbocycles. The maximum Gasteiger partial charge on any atom is 0.379 e. The molecule has 0 atom stereocenters. The van der Waals surface area contributed by atoms with Gasteiger partial charge in [-0.25, -0.2) is 4.79 Å². The molecule has 2 rings (SSSR count). The third kappa shape index (κ3) is 2.15. The lowest BCUT2D eigenvalue weighted by molar-refractivity contribution is -0.151. The predicted octanol–water partition coefficient (Wildman–Crippen LogP) is 1.15. The average molecular weight is 245 g/mol. The smallest absolute Gasteiger partial charge is 0.379 e. The minimum absolute atomic E-state index is 0.122. The van der Waals surface area contributed by atoms with E-state index in [1.807, 2.05) is 0 Å². The predicted molar refractivity (Wildman–Crippen MR) is 64.7 cm³/mol. The van der Waals surface area contributed by atoms with Gasteiger partial charge in [0.15, 0.2) is 0 Å². The standard InChI is InChI=1S/C13H11NO4/c1-2-18-13(17)11(15)7-9-8-5-3-4-6-10(8)14-12(9)16/h3-7H,2H2,1H3,(H,14,16). The third-order valence-electron chi connectivity index (χ3n) is 2.46. The first-order valence-corrected chi connectivity index (χ1v) is 5.47. The Balaban J connectivity index is 2.31. The van der Waals surface area contributed by atoms with E-state index in [0.29, 0.717) is 11.3 Å². The van der Waals surface area contributed by atoms with E-state index < -0.39 is 17.7 Å². The van der Waals surface area contributed by atoms with E-state index in [0.717, 1.165) is 6.08 Å². The first-order valence-electron chi connectivity index (χ1n) is 5.47. The molecule has 5 heteroatoms. The van der Waals surface area contributed by atoms with Gasteiger partial charge < -0.3 is 10.1 Å². The SMILES string of the molecule is CCOC(=O)C(=O)C=C1C(=O)Nc2ccccc21. The summed E-state index contributed by atoms with van der Waals surface area (Å²) in [6.45, 7) is 1.73. The highest BCUT2D eigenvalue weighted by atomic mass is 16.5. The van der Waals surface area contributed by atoms with Crippen LogP contribution in [0.5, 0.6) is 0 Å². The van der Waals surface area contributed by atoms with E-state index in [-0.39, 0.29) is 12.2 Å². The average Bonchev–Trinajstić information content (AvgIpc) is 2.66. The number of rotatable bonds is 3. The summed E-state index contributed by atoms with van der Waals surface area (Å²) in [5.41, 5.74) is 1.43. The summed E-state index contributed by atoms with van der Waals surface area (Å²) in [4.78, 5) is 34.4. The van der Waals surface area contributed by atoms with Crippen LogP contribution >= 0.6 is 0 Å². The van der Waals surface area contributed by atoms with Gasteiger partial charge in [-0.15, -0.1) is 0 Å². The number of benzene rings is 1. The van der Waals surface area contributed by atoms with Gasteiger partial charge in [0.2, 0.25) is 0 Å². The fourth-order valence-electron chi connectivity index (χ4n) is 1.67. The Morgan fingerprint density at radius 2 is 2.06 bits per heavy atom. The minimum atomic E-state index is -0.956. The number of fused-ring (bicyclic) bond motifs is 1. The zero-order valence-corrected chi connectivity index (χ0v) is 9.73. The van der Waals surface area contributed by atoms with Crippen molar-refractivity contribution >= 4 is 28.9 Å². The van der Waals surface area contributed by atoms with E-state index in [1.165, 1.54) is 0 Å². The van der Waals surface area contributed by atoms with Crippen LogP contribution in [0, 0.1) is 0 Å². The molecule has 18 heavy (non-hydrogen) atoms. The largest absolute Gasteiger partial charge is 0.460 e. The molecule has 1 aromatic rings. The van der Waals surface area contributed by atoms with Gasteiger partial charge in [0, 0.05) is 17.3 Å². The number of anilines is 1. The van der Waals surface area contributed by atoms with Crippen molar-refractivity contribution in [2.75, 3.05) is 11.9 Å². The molecule has 0 aromatic heterocycles. The molecule has 0 radical (unpaired) electrons. The van der Waals surface area contributed by atoms with Crippen molar-refractivity contribution in [1.29, 1.82) is 0 Å². The topological polar surface area (TPSA) is 72.5 Å². The van der Waals surface area contributed by atoms with Gasteiger partial charge in [-0.1, -0.05) is 18.2 Å². The zero-order chi connectivity index (χ0) is 13.1. The van der Waals surface area contributed by atoms with E-state index in [9.17, 15) is 14.4 Å². The maximum atomic E-state index is 11.7. The number of hydrogen-bond acceptors (Lipinski definition) is 4. The molecule has 0 fully saturated rings. The van der Waals surface area contributed by atoms with E-state index in [4.69, 9.17) is 0 Å². The van der Waals surface area contributed by atoms with Gasteiger partial charge in [0.25, 0.3) is 11.7 Å². The highest BCUT2D eigenvalue weighted by Crippen LogP contribution is 2.30. The summed E-state index contributed by atoms with van der Waals surface area (Å²) in [7, 11) is 0. The maximum absolute atomic E-state index is 11.7. The van der Waals surface area contributed by atoms with Crippen molar-refractivity contribution in [2.45, 2.75) is 6.92 Å². The molecule has 0 bridgehead atoms. The van der Waals surface area contributed by atoms with Crippen LogP contribution in [0.15, 0.2) is 30.3 Å². The van der Waals surface area contributed by atoms with Crippen molar-refractivity contribution < 1.29 is 19.1 Å². The molecule has 0 aliphatic carbocycles. The van der Waals surface area contributed by atoms with E-state index in [1.54, 1.807) is 31.2 Å². The second kappa shape index (κ2) is 4.83. The first-order chi connectivity index (χ1) is 8.63. The number of nitrogens with one attached hydrogen (secondary N) is 1. The van der Waals surface area contributed by atoms with Crippen LogP contribution in [0.1, 0.15) is 12.5 Å². The number of hydrogen-bond donors (Lipinski definition) is 1. The fraction of sp³-hybridized carbons (Fsp3) is 0.154. The Kier molecular flexibility index (Phi) is 3.23. The van der Waals surface area contributed by atoms with Gasteiger partial charge in [0.05, 0.1) is 12.2 Å². The number of ketones is 1. The summed E-state index contributed by atoms with van der Waals surface area (Å²) in [5.74, 6) is -2.19. The lowest BCUT2D eigenvalue weighted by Gasteiger charge is -1.98. The van der Waals surface area contributed by atoms with Crippen molar-refractivity contribution in [3.63, 3.8) is 0 Å². The normalized spacial score (nSPS) is 15.2. The van der Waals surface area contributed by atoms with Crippen LogP contribution in [-0.2, 0) is 19.1 Å². The van der Waals surface area contributed by atoms with Gasteiger partial charge in [-0.2, -0.15) is 0 Å². The Labute approximate surface area is 103 Å². The lowest BCUT2D eigenvalue weighted by Crippen LogP contribution is -2.16. The lowest BCUT2D eigenvalue weighted by atomic mass is 10.1. The van der Waals surface area contributed by atoms with Crippen LogP contribution in [0.25, 0.3) is 5.57 Å². The summed E-state index contributed by atoms with van der Waals surface area (Å²) in [6.07, 6.45) is 1.01. The van der Waals surface area contributed by atoms with Gasteiger partial charge >= 0.3 is 5.97 Å². The Morgan fingerprint density at radius 1 is 1.33 bits per heavy atom. The highest BCUT2D eigenvalue weighted by molar-refractivity contribution is 6.44. The monoisotopic (exact) mass is 245 g/mol. The van der Waals surface area contributed by atoms with Gasteiger partial charge in [0.1, 0.15) is 0 Å². The zero-order valence-electron chi connectivity index (χ0n) is 9.73. The molecule has 1 heterocycles. The summed E-state index contributed by atoms with van der Waals surface area (Å²) >= 11 is 0. The number of esters is 1. The number of amides is 1. The molecule has 92 valence electrons. The number of ether oxygens (including phenoxy) is 1. The summed E-state index contributed by atoms with van der Waals surface area (Å²) < 4.78 is 4.57. The van der Waals surface area contributed by atoms with Gasteiger partial charge in [-0.05, 0) is 13.0 Å². The number of carbonyl (C=O) groups is 3. The molecule has 0 saturated carbocycles. The van der Waals surface area contributed by atoms with Crippen LogP contribution in [-0.4, -0.2) is 24.3 Å². The molecule has 1 N–H and O–H groups in total. The molecule has 0 saturated heterocycles. The molecule has 0 spiro atoms. The molecular formula is C13H11NO4. The number of para-hydroxylation sites is 1. The first kappa shape index (κ1) is 12.0. The van der Waals surface area contributed by atoms with Crippen molar-refractivity contribution in [2.24, 2.45) is 0 Å². The Hall–Kier alpha value is -2.43. The van der Waals surface area contributed by atoms with Crippen LogP contribution in [0.4, 0.5) is 5.69 Å². The quantitative estimate of drug-likeness (QED) is 0.492. The summed E-state index contributed by atoms with van der Waals surface area (Å²) in [5, 5.41) is 2.61. The van der Waals surface area contributed by atoms with Gasteiger partial charge in [-0.3, -0.25) is 9.59 Å². The highest BCUT2D eigenvalue weighted by Gasteiger charge is 2.25. The Bertz CT molecular complexity index is 560. The summed E-state index contributed by atoms with van der Waals surface area (Å²) in [6, 6.07) is 6.96. The molecular weight excluding hydrogens is 234 g/mol. The molecule has 1 aliphatic rings. The second-order valence-electron chi connectivity index (χ2n) is 3.64.